The molecule has 2 amide bonds. The van der Waals surface area contributed by atoms with Crippen LogP contribution in [0.3, 0.4) is 0 Å². The van der Waals surface area contributed by atoms with Crippen LogP contribution in [0.4, 0.5) is 30.7 Å². The fourth-order valence-corrected chi connectivity index (χ4v) is 8.29. The number of nitrogens with zero attached hydrogens (tertiary/aromatic N) is 8. The molecule has 17 heteroatoms. The van der Waals surface area contributed by atoms with Crippen LogP contribution >= 0.6 is 0 Å². The zero-order chi connectivity index (χ0) is 38.7. The lowest BCUT2D eigenvalue weighted by Crippen LogP contribution is -2.40. The second kappa shape index (κ2) is 14.1. The van der Waals surface area contributed by atoms with Gasteiger partial charge in [0.15, 0.2) is 12.0 Å². The number of halogens is 7. The Bertz CT molecular complexity index is 1840. The normalized spacial score (nSPS) is 27.8. The minimum atomic E-state index is -4.36. The first-order valence-electron chi connectivity index (χ1n) is 18.0. The Labute approximate surface area is 306 Å². The van der Waals surface area contributed by atoms with Crippen LogP contribution in [0.15, 0.2) is 60.7 Å². The molecular weight excluding hydrogens is 721 g/mol. The van der Waals surface area contributed by atoms with E-state index in [1.165, 1.54) is 23.4 Å². The number of hydrogen-bond acceptors (Lipinski definition) is 6. The fraction of sp³-hybridized carbons (Fsp3) is 0.514. The number of alkyl halides is 7. The van der Waals surface area contributed by atoms with Crippen LogP contribution in [-0.4, -0.2) is 88.7 Å². The van der Waals surface area contributed by atoms with Gasteiger partial charge < -0.3 is 9.80 Å². The molecule has 10 nitrogen and oxygen atoms in total. The molecule has 0 spiro atoms. The number of amides is 2. The van der Waals surface area contributed by atoms with E-state index >= 15 is 0 Å². The van der Waals surface area contributed by atoms with Gasteiger partial charge >= 0.3 is 12.4 Å². The number of benzene rings is 2. The summed E-state index contributed by atoms with van der Waals surface area (Å²) in [7, 11) is 0. The van der Waals surface area contributed by atoms with E-state index in [-0.39, 0.29) is 67.8 Å². The van der Waals surface area contributed by atoms with Crippen molar-refractivity contribution in [1.29, 1.82) is 0 Å². The summed E-state index contributed by atoms with van der Waals surface area (Å²) >= 11 is 0. The summed E-state index contributed by atoms with van der Waals surface area (Å²) in [5.74, 6) is -3.63. The second-order valence-electron chi connectivity index (χ2n) is 14.5. The molecule has 2 aromatic carbocycles. The Hall–Kier alpha value is -4.83. The smallest absolute Gasteiger partial charge is 0.333 e. The summed E-state index contributed by atoms with van der Waals surface area (Å²) in [6.07, 6.45) is -9.25. The maximum atomic E-state index is 14.4. The van der Waals surface area contributed by atoms with E-state index in [2.05, 4.69) is 20.2 Å². The third kappa shape index (κ3) is 6.85. The average Bonchev–Trinajstić information content (AvgIpc) is 3.98. The van der Waals surface area contributed by atoms with Crippen LogP contribution in [0.25, 0.3) is 0 Å². The number of carbonyl (C=O) groups excluding carboxylic acids is 2. The lowest BCUT2D eigenvalue weighted by molar-refractivity contribution is -0.178. The Kier molecular flexibility index (Phi) is 9.79. The van der Waals surface area contributed by atoms with Crippen molar-refractivity contribution >= 4 is 11.8 Å². The van der Waals surface area contributed by atoms with Crippen LogP contribution < -0.4 is 0 Å². The van der Waals surface area contributed by atoms with E-state index < -0.39 is 54.3 Å². The number of fused-ring (bicyclic) bond motifs is 2. The van der Waals surface area contributed by atoms with Crippen LogP contribution in [-0.2, 0) is 0 Å². The second-order valence-corrected chi connectivity index (χ2v) is 14.5. The lowest BCUT2D eigenvalue weighted by atomic mass is 10.0. The van der Waals surface area contributed by atoms with Gasteiger partial charge in [-0.25, -0.2) is 23.7 Å². The van der Waals surface area contributed by atoms with Crippen molar-refractivity contribution in [2.75, 3.05) is 13.1 Å². The molecule has 0 saturated carbocycles. The fourth-order valence-electron chi connectivity index (χ4n) is 8.29. The number of hydrogen-bond donors (Lipinski definition) is 0. The summed E-state index contributed by atoms with van der Waals surface area (Å²) in [6, 6.07) is 16.7. The van der Waals surface area contributed by atoms with E-state index in [1.54, 1.807) is 4.68 Å². The topological polar surface area (TPSA) is 102 Å². The van der Waals surface area contributed by atoms with Gasteiger partial charge in [-0.2, -0.15) is 26.3 Å². The van der Waals surface area contributed by atoms with Gasteiger partial charge in [-0.05, 0) is 44.2 Å². The van der Waals surface area contributed by atoms with Gasteiger partial charge in [0.05, 0.1) is 23.9 Å². The van der Waals surface area contributed by atoms with Crippen molar-refractivity contribution in [3.63, 3.8) is 0 Å². The molecule has 6 heterocycles. The van der Waals surface area contributed by atoms with E-state index in [4.69, 9.17) is 0 Å². The molecule has 0 radical (unpaired) electrons. The SMILES string of the molecule is C[C@H]1C[C@@H](c2ccccc2)n2nc(C(=O)N3CC[C@H](C(F)(F)F)[C@@H]3C)nc21.C[C@H]1[C@H](C(F)(F)F)CCN1C(=O)c1nc2n(n1)[C@H](c1ccccc1)C[C@@H]2F. The molecule has 0 unspecified atom stereocenters. The Morgan fingerprint density at radius 2 is 1.04 bits per heavy atom. The van der Waals surface area contributed by atoms with Gasteiger partial charge in [0.1, 0.15) is 5.82 Å². The summed E-state index contributed by atoms with van der Waals surface area (Å²) in [4.78, 5) is 36.3. The highest BCUT2D eigenvalue weighted by Gasteiger charge is 2.51. The molecule has 2 aromatic heterocycles. The van der Waals surface area contributed by atoms with Gasteiger partial charge in [-0.15, -0.1) is 10.2 Å². The highest BCUT2D eigenvalue weighted by molar-refractivity contribution is 5.91. The zero-order valence-corrected chi connectivity index (χ0v) is 29.7. The van der Waals surface area contributed by atoms with Crippen LogP contribution in [0.5, 0.6) is 0 Å². The first kappa shape index (κ1) is 37.5. The first-order valence-corrected chi connectivity index (χ1v) is 18.0. The van der Waals surface area contributed by atoms with Gasteiger partial charge in [0.2, 0.25) is 11.6 Å². The molecule has 4 aliphatic rings. The third-order valence-electron chi connectivity index (χ3n) is 11.3. The maximum absolute atomic E-state index is 14.4. The molecule has 2 saturated heterocycles. The number of carbonyl (C=O) groups is 2. The van der Waals surface area contributed by atoms with Gasteiger partial charge in [0.25, 0.3) is 11.8 Å². The van der Waals surface area contributed by atoms with Crippen LogP contribution in [0.1, 0.15) is 115 Å². The molecule has 8 rings (SSSR count). The zero-order valence-electron chi connectivity index (χ0n) is 29.7. The van der Waals surface area contributed by atoms with Crippen molar-refractivity contribution in [1.82, 2.24) is 39.3 Å². The van der Waals surface area contributed by atoms with Crippen molar-refractivity contribution in [3.8, 4) is 0 Å². The van der Waals surface area contributed by atoms with Crippen molar-refractivity contribution in [2.45, 2.75) is 95.1 Å². The molecule has 0 bridgehead atoms. The van der Waals surface area contributed by atoms with Gasteiger partial charge in [-0.3, -0.25) is 9.59 Å². The highest BCUT2D eigenvalue weighted by atomic mass is 19.4. The monoisotopic (exact) mass is 760 g/mol. The quantitative estimate of drug-likeness (QED) is 0.200. The van der Waals surface area contributed by atoms with E-state index in [0.29, 0.717) is 5.82 Å². The molecular formula is C37H39F7N8O2. The Morgan fingerprint density at radius 1 is 0.630 bits per heavy atom. The molecule has 2 fully saturated rings. The summed E-state index contributed by atoms with van der Waals surface area (Å²) < 4.78 is 96.0. The molecule has 4 aliphatic heterocycles. The third-order valence-corrected chi connectivity index (χ3v) is 11.3. The van der Waals surface area contributed by atoms with Crippen molar-refractivity contribution < 1.29 is 40.3 Å². The van der Waals surface area contributed by atoms with Crippen molar-refractivity contribution in [2.24, 2.45) is 11.8 Å². The summed E-state index contributed by atoms with van der Waals surface area (Å²) in [5.41, 5.74) is 1.92. The maximum Gasteiger partial charge on any atom is 0.393 e. The Morgan fingerprint density at radius 3 is 1.46 bits per heavy atom. The molecule has 288 valence electrons. The molecule has 0 N–H and O–H groups in total. The standard InChI is InChI=1S/C19H21F3N4O.C18H18F4N4O/c1-11-10-15(13-6-4-3-5-7-13)26-17(11)23-16(24-26)18(27)25-9-8-14(12(25)2)19(20,21)22;1-10-12(18(20,21)22)7-8-25(10)17(27)15-23-16-13(19)9-14(26(16)24-15)11-5-3-2-4-6-11/h3-7,11-12,14-15H,8-10H2,1-2H3;2-6,10,12-14H,7-9H2,1H3/t11-,12-,14-,15-;10-,12+,13-,14-/m00/s1. The molecule has 4 aromatic rings. The number of aromatic nitrogens is 6. The lowest BCUT2D eigenvalue weighted by Gasteiger charge is -2.25. The van der Waals surface area contributed by atoms with E-state index in [9.17, 15) is 40.3 Å². The van der Waals surface area contributed by atoms with E-state index in [1.807, 2.05) is 67.6 Å². The molecule has 8 atom stereocenters. The summed E-state index contributed by atoms with van der Waals surface area (Å²) in [6.45, 7) is 4.90. The number of likely N-dealkylation sites (tertiary alicyclic amines) is 2. The van der Waals surface area contributed by atoms with Gasteiger partial charge in [0, 0.05) is 37.5 Å². The first-order chi connectivity index (χ1) is 25.5. The Balaban J connectivity index is 0.000000167. The van der Waals surface area contributed by atoms with Gasteiger partial charge in [-0.1, -0.05) is 67.6 Å². The average molecular weight is 761 g/mol. The minimum Gasteiger partial charge on any atom is -0.333 e. The predicted octanol–water partition coefficient (Wildman–Crippen LogP) is 7.48. The predicted molar refractivity (Wildman–Crippen MR) is 180 cm³/mol. The molecule has 0 aliphatic carbocycles. The number of rotatable bonds is 4. The minimum absolute atomic E-state index is 0.00726. The molecule has 54 heavy (non-hydrogen) atoms. The largest absolute Gasteiger partial charge is 0.393 e. The van der Waals surface area contributed by atoms with Crippen LogP contribution in [0, 0.1) is 11.8 Å². The van der Waals surface area contributed by atoms with E-state index in [0.717, 1.165) is 22.4 Å². The highest BCUT2D eigenvalue weighted by Crippen LogP contribution is 2.42. The summed E-state index contributed by atoms with van der Waals surface area (Å²) in [5, 5.41) is 8.56. The van der Waals surface area contributed by atoms with Crippen LogP contribution in [0.2, 0.25) is 0 Å². The van der Waals surface area contributed by atoms with Crippen molar-refractivity contribution in [3.05, 3.63) is 95.1 Å².